The molecule has 0 amide bonds. The molecule has 1 aromatic carbocycles. The third-order valence-electron chi connectivity index (χ3n) is 3.26. The molecule has 7 heteroatoms. The van der Waals surface area contributed by atoms with Gasteiger partial charge in [0.15, 0.2) is 0 Å². The molecular weight excluding hydrogens is 352 g/mol. The van der Waals surface area contributed by atoms with Crippen LogP contribution in [0.15, 0.2) is 33.6 Å². The van der Waals surface area contributed by atoms with Gasteiger partial charge in [-0.1, -0.05) is 19.1 Å². The van der Waals surface area contributed by atoms with Crippen LogP contribution in [0.25, 0.3) is 0 Å². The Hall–Kier alpha value is -0.140. The van der Waals surface area contributed by atoms with Gasteiger partial charge in [-0.25, -0.2) is 13.1 Å². The number of benzene rings is 1. The number of hydrogen-bond acceptors (Lipinski definition) is 3. The fourth-order valence-corrected chi connectivity index (χ4v) is 4.42. The molecule has 2 atom stereocenters. The molecule has 1 aliphatic rings. The van der Waals surface area contributed by atoms with Gasteiger partial charge in [0.25, 0.3) is 0 Å². The van der Waals surface area contributed by atoms with E-state index in [1.54, 1.807) is 24.3 Å². The van der Waals surface area contributed by atoms with Crippen molar-refractivity contribution in [2.24, 2.45) is 5.92 Å². The van der Waals surface area contributed by atoms with Crippen molar-refractivity contribution in [3.05, 3.63) is 28.7 Å². The van der Waals surface area contributed by atoms with E-state index in [0.29, 0.717) is 21.8 Å². The fourth-order valence-electron chi connectivity index (χ4n) is 2.07. The third-order valence-corrected chi connectivity index (χ3v) is 5.76. The minimum absolute atomic E-state index is 0. The largest absolute Gasteiger partial charge is 0.315 e. The summed E-state index contributed by atoms with van der Waals surface area (Å²) in [5, 5.41) is 3.22. The van der Waals surface area contributed by atoms with Gasteiger partial charge in [-0.15, -0.1) is 12.4 Å². The van der Waals surface area contributed by atoms with Crippen LogP contribution in [0.1, 0.15) is 13.3 Å². The molecule has 2 N–H and O–H groups in total. The highest BCUT2D eigenvalue weighted by Gasteiger charge is 2.27. The Morgan fingerprint density at radius 3 is 2.68 bits per heavy atom. The molecule has 1 aromatic rings. The second-order valence-corrected chi connectivity index (χ2v) is 7.17. The number of rotatable bonds is 3. The Balaban J connectivity index is 0.00000180. The molecule has 108 valence electrons. The maximum absolute atomic E-state index is 12.3. The molecule has 1 aliphatic heterocycles. The predicted octanol–water partition coefficient (Wildman–Crippen LogP) is 2.15. The summed E-state index contributed by atoms with van der Waals surface area (Å²) in [6.45, 7) is 3.72. The highest BCUT2D eigenvalue weighted by atomic mass is 79.9. The van der Waals surface area contributed by atoms with E-state index in [1.807, 2.05) is 0 Å². The number of hydrogen-bond donors (Lipinski definition) is 2. The Bertz CT molecular complexity index is 524. The van der Waals surface area contributed by atoms with Gasteiger partial charge in [-0.05, 0) is 46.9 Å². The Morgan fingerprint density at radius 2 is 2.05 bits per heavy atom. The first-order chi connectivity index (χ1) is 8.50. The molecule has 0 aliphatic carbocycles. The second kappa shape index (κ2) is 7.04. The number of halogens is 2. The van der Waals surface area contributed by atoms with Gasteiger partial charge >= 0.3 is 0 Å². The van der Waals surface area contributed by atoms with E-state index in [-0.39, 0.29) is 18.4 Å². The van der Waals surface area contributed by atoms with Crippen LogP contribution in [-0.4, -0.2) is 27.5 Å². The maximum Gasteiger partial charge on any atom is 0.241 e. The molecule has 1 heterocycles. The lowest BCUT2D eigenvalue weighted by Crippen LogP contribution is -2.50. The average molecular weight is 370 g/mol. The Labute approximate surface area is 128 Å². The van der Waals surface area contributed by atoms with Crippen molar-refractivity contribution in [3.8, 4) is 0 Å². The van der Waals surface area contributed by atoms with Gasteiger partial charge in [0.2, 0.25) is 10.0 Å². The van der Waals surface area contributed by atoms with Crippen molar-refractivity contribution in [1.82, 2.24) is 10.0 Å². The zero-order chi connectivity index (χ0) is 13.2. The van der Waals surface area contributed by atoms with Crippen molar-refractivity contribution in [1.29, 1.82) is 0 Å². The van der Waals surface area contributed by atoms with E-state index in [2.05, 4.69) is 32.9 Å². The lowest BCUT2D eigenvalue weighted by atomic mass is 9.96. The maximum atomic E-state index is 12.3. The minimum Gasteiger partial charge on any atom is -0.315 e. The van der Waals surface area contributed by atoms with Crippen molar-refractivity contribution < 1.29 is 8.42 Å². The van der Waals surface area contributed by atoms with Crippen molar-refractivity contribution >= 4 is 38.4 Å². The van der Waals surface area contributed by atoms with E-state index in [4.69, 9.17) is 0 Å². The van der Waals surface area contributed by atoms with Gasteiger partial charge in [-0.3, -0.25) is 0 Å². The van der Waals surface area contributed by atoms with Crippen LogP contribution >= 0.6 is 28.3 Å². The van der Waals surface area contributed by atoms with Crippen LogP contribution < -0.4 is 10.0 Å². The van der Waals surface area contributed by atoms with E-state index >= 15 is 0 Å². The SMILES string of the molecule is CC1CCNCC1NS(=O)(=O)c1ccccc1Br.Cl. The van der Waals surface area contributed by atoms with E-state index < -0.39 is 10.0 Å². The van der Waals surface area contributed by atoms with Crippen LogP contribution in [-0.2, 0) is 10.0 Å². The van der Waals surface area contributed by atoms with Crippen molar-refractivity contribution in [3.63, 3.8) is 0 Å². The smallest absolute Gasteiger partial charge is 0.241 e. The Kier molecular flexibility index (Phi) is 6.26. The van der Waals surface area contributed by atoms with Crippen LogP contribution in [0.3, 0.4) is 0 Å². The average Bonchev–Trinajstić information content (AvgIpc) is 2.32. The molecule has 1 fully saturated rings. The summed E-state index contributed by atoms with van der Waals surface area (Å²) in [5.74, 6) is 0.350. The zero-order valence-corrected chi connectivity index (χ0v) is 13.8. The summed E-state index contributed by atoms with van der Waals surface area (Å²) >= 11 is 3.28. The summed E-state index contributed by atoms with van der Waals surface area (Å²) in [5.41, 5.74) is 0. The Morgan fingerprint density at radius 1 is 1.37 bits per heavy atom. The molecule has 19 heavy (non-hydrogen) atoms. The van der Waals surface area contributed by atoms with Gasteiger partial charge in [0, 0.05) is 17.1 Å². The van der Waals surface area contributed by atoms with Crippen LogP contribution in [0, 0.1) is 5.92 Å². The van der Waals surface area contributed by atoms with Crippen LogP contribution in [0.2, 0.25) is 0 Å². The monoisotopic (exact) mass is 368 g/mol. The quantitative estimate of drug-likeness (QED) is 0.858. The lowest BCUT2D eigenvalue weighted by molar-refractivity contribution is 0.327. The normalized spacial score (nSPS) is 23.7. The second-order valence-electron chi connectivity index (χ2n) is 4.63. The summed E-state index contributed by atoms with van der Waals surface area (Å²) in [7, 11) is -3.46. The predicted molar refractivity (Wildman–Crippen MR) is 82.2 cm³/mol. The molecular formula is C12H18BrClN2O2S. The van der Waals surface area contributed by atoms with E-state index in [0.717, 1.165) is 13.0 Å². The molecule has 0 spiro atoms. The number of nitrogens with one attached hydrogen (secondary N) is 2. The van der Waals surface area contributed by atoms with E-state index in [9.17, 15) is 8.42 Å². The van der Waals surface area contributed by atoms with E-state index in [1.165, 1.54) is 0 Å². The lowest BCUT2D eigenvalue weighted by Gasteiger charge is -2.30. The molecule has 0 aromatic heterocycles. The molecule has 0 radical (unpaired) electrons. The van der Waals surface area contributed by atoms with Crippen molar-refractivity contribution in [2.45, 2.75) is 24.3 Å². The highest BCUT2D eigenvalue weighted by Crippen LogP contribution is 2.22. The summed E-state index contributed by atoms with van der Waals surface area (Å²) in [6, 6.07) is 6.82. The van der Waals surface area contributed by atoms with Crippen LogP contribution in [0.5, 0.6) is 0 Å². The molecule has 4 nitrogen and oxygen atoms in total. The first kappa shape index (κ1) is 16.9. The standard InChI is InChI=1S/C12H17BrN2O2S.ClH/c1-9-6-7-14-8-11(9)15-18(16,17)12-5-3-2-4-10(12)13;/h2-5,9,11,14-15H,6-8H2,1H3;1H. The summed E-state index contributed by atoms with van der Waals surface area (Å²) in [6.07, 6.45) is 0.989. The first-order valence-corrected chi connectivity index (χ1v) is 8.26. The molecule has 1 saturated heterocycles. The van der Waals surface area contributed by atoms with Gasteiger partial charge < -0.3 is 5.32 Å². The highest BCUT2D eigenvalue weighted by molar-refractivity contribution is 9.10. The number of sulfonamides is 1. The van der Waals surface area contributed by atoms with Crippen LogP contribution in [0.4, 0.5) is 0 Å². The number of piperidine rings is 1. The molecule has 2 rings (SSSR count). The fraction of sp³-hybridized carbons (Fsp3) is 0.500. The topological polar surface area (TPSA) is 58.2 Å². The van der Waals surface area contributed by atoms with Gasteiger partial charge in [-0.2, -0.15) is 0 Å². The zero-order valence-electron chi connectivity index (χ0n) is 10.6. The van der Waals surface area contributed by atoms with Gasteiger partial charge in [0.05, 0.1) is 4.90 Å². The molecule has 0 bridgehead atoms. The summed E-state index contributed by atoms with van der Waals surface area (Å²) < 4.78 is 28.0. The first-order valence-electron chi connectivity index (χ1n) is 5.98. The van der Waals surface area contributed by atoms with Gasteiger partial charge in [0.1, 0.15) is 0 Å². The molecule has 2 unspecified atom stereocenters. The molecule has 0 saturated carbocycles. The summed E-state index contributed by atoms with van der Waals surface area (Å²) in [4.78, 5) is 0.294. The van der Waals surface area contributed by atoms with Crippen molar-refractivity contribution in [2.75, 3.05) is 13.1 Å². The minimum atomic E-state index is -3.46. The third kappa shape index (κ3) is 4.16.